The molecule has 5 heteroatoms. The molecule has 3 nitrogen and oxygen atoms in total. The lowest BCUT2D eigenvalue weighted by Crippen LogP contribution is -2.34. The Hall–Kier alpha value is -1.10. The van der Waals surface area contributed by atoms with Gasteiger partial charge in [-0.05, 0) is 33.5 Å². The number of carbonyl (C=O) groups excluding carboxylic acids is 1. The number of rotatable bonds is 2. The van der Waals surface area contributed by atoms with Crippen molar-refractivity contribution in [3.63, 3.8) is 0 Å². The van der Waals surface area contributed by atoms with Crippen LogP contribution in [0, 0.1) is 11.2 Å². The zero-order valence-corrected chi connectivity index (χ0v) is 12.6. The first-order chi connectivity index (χ1) is 8.11. The number of nitrogens with two attached hydrogens (primary N) is 1. The lowest BCUT2D eigenvalue weighted by molar-refractivity contribution is 0.0746. The van der Waals surface area contributed by atoms with Gasteiger partial charge in [-0.15, -0.1) is 0 Å². The monoisotopic (exact) mass is 316 g/mol. The highest BCUT2D eigenvalue weighted by Gasteiger charge is 2.21. The SMILES string of the molecule is CN(CC(C)(C)C)C(=O)c1cc(F)c(Br)cc1N. The Balaban J connectivity index is 3.01. The van der Waals surface area contributed by atoms with Crippen LogP contribution in [0.1, 0.15) is 31.1 Å². The Morgan fingerprint density at radius 3 is 2.50 bits per heavy atom. The van der Waals surface area contributed by atoms with E-state index in [-0.39, 0.29) is 27.0 Å². The fourth-order valence-electron chi connectivity index (χ4n) is 1.74. The molecular formula is C13H18BrFN2O. The van der Waals surface area contributed by atoms with Crippen molar-refractivity contribution in [3.05, 3.63) is 28.0 Å². The average molecular weight is 317 g/mol. The van der Waals surface area contributed by atoms with Gasteiger partial charge in [-0.3, -0.25) is 4.79 Å². The molecule has 0 saturated carbocycles. The highest BCUT2D eigenvalue weighted by Crippen LogP contribution is 2.24. The van der Waals surface area contributed by atoms with Crippen molar-refractivity contribution < 1.29 is 9.18 Å². The molecule has 2 N–H and O–H groups in total. The molecule has 1 rings (SSSR count). The van der Waals surface area contributed by atoms with E-state index in [0.717, 1.165) is 0 Å². The predicted molar refractivity (Wildman–Crippen MR) is 74.9 cm³/mol. The summed E-state index contributed by atoms with van der Waals surface area (Å²) in [6, 6.07) is 2.58. The van der Waals surface area contributed by atoms with Gasteiger partial charge < -0.3 is 10.6 Å². The number of carbonyl (C=O) groups is 1. The Bertz CT molecular complexity index is 469. The molecule has 1 amide bonds. The van der Waals surface area contributed by atoms with Gasteiger partial charge in [0.2, 0.25) is 0 Å². The second-order valence-electron chi connectivity index (χ2n) is 5.58. The van der Waals surface area contributed by atoms with Crippen LogP contribution in [0.25, 0.3) is 0 Å². The van der Waals surface area contributed by atoms with Crippen molar-refractivity contribution in [1.29, 1.82) is 0 Å². The minimum absolute atomic E-state index is 0.0208. The van der Waals surface area contributed by atoms with E-state index in [0.29, 0.717) is 6.54 Å². The van der Waals surface area contributed by atoms with E-state index in [2.05, 4.69) is 15.9 Å². The fourth-order valence-corrected chi connectivity index (χ4v) is 2.10. The van der Waals surface area contributed by atoms with Crippen LogP contribution < -0.4 is 5.73 Å². The molecular weight excluding hydrogens is 299 g/mol. The summed E-state index contributed by atoms with van der Waals surface area (Å²) in [6.45, 7) is 6.66. The summed E-state index contributed by atoms with van der Waals surface area (Å²) >= 11 is 3.04. The van der Waals surface area contributed by atoms with Crippen molar-refractivity contribution in [2.24, 2.45) is 5.41 Å². The van der Waals surface area contributed by atoms with Crippen molar-refractivity contribution in [2.45, 2.75) is 20.8 Å². The fraction of sp³-hybridized carbons (Fsp3) is 0.462. The molecule has 0 aliphatic heterocycles. The summed E-state index contributed by atoms with van der Waals surface area (Å²) in [5.74, 6) is -0.759. The minimum Gasteiger partial charge on any atom is -0.398 e. The van der Waals surface area contributed by atoms with E-state index in [1.807, 2.05) is 20.8 Å². The summed E-state index contributed by atoms with van der Waals surface area (Å²) in [5.41, 5.74) is 6.20. The first-order valence-corrected chi connectivity index (χ1v) is 6.41. The maximum absolute atomic E-state index is 13.4. The van der Waals surface area contributed by atoms with Crippen molar-refractivity contribution in [3.8, 4) is 0 Å². The van der Waals surface area contributed by atoms with Crippen molar-refractivity contribution >= 4 is 27.5 Å². The van der Waals surface area contributed by atoms with Crippen LogP contribution in [0.5, 0.6) is 0 Å². The van der Waals surface area contributed by atoms with Gasteiger partial charge in [0.15, 0.2) is 0 Å². The van der Waals surface area contributed by atoms with Crippen LogP contribution >= 0.6 is 15.9 Å². The van der Waals surface area contributed by atoms with Gasteiger partial charge in [0.1, 0.15) is 5.82 Å². The molecule has 1 aromatic carbocycles. The topological polar surface area (TPSA) is 46.3 Å². The van der Waals surface area contributed by atoms with Gasteiger partial charge in [-0.1, -0.05) is 20.8 Å². The smallest absolute Gasteiger partial charge is 0.255 e. The number of halogens is 2. The number of hydrogen-bond donors (Lipinski definition) is 1. The van der Waals surface area contributed by atoms with Gasteiger partial charge >= 0.3 is 0 Å². The number of nitrogens with zero attached hydrogens (tertiary/aromatic N) is 1. The Kier molecular flexibility index (Phi) is 4.37. The van der Waals surface area contributed by atoms with Crippen LogP contribution in [0.2, 0.25) is 0 Å². The summed E-state index contributed by atoms with van der Waals surface area (Å²) in [5, 5.41) is 0. The molecule has 0 unspecified atom stereocenters. The van der Waals surface area contributed by atoms with E-state index in [1.54, 1.807) is 11.9 Å². The molecule has 0 radical (unpaired) electrons. The van der Waals surface area contributed by atoms with Crippen molar-refractivity contribution in [2.75, 3.05) is 19.3 Å². The Labute approximate surface area is 115 Å². The molecule has 100 valence electrons. The first kappa shape index (κ1) is 15.0. The van der Waals surface area contributed by atoms with Crippen LogP contribution in [-0.2, 0) is 0 Å². The van der Waals surface area contributed by atoms with E-state index in [9.17, 15) is 9.18 Å². The summed E-state index contributed by atoms with van der Waals surface area (Å²) < 4.78 is 13.7. The highest BCUT2D eigenvalue weighted by atomic mass is 79.9. The maximum Gasteiger partial charge on any atom is 0.255 e. The second kappa shape index (κ2) is 5.26. The molecule has 0 saturated heterocycles. The zero-order chi connectivity index (χ0) is 14.1. The molecule has 18 heavy (non-hydrogen) atoms. The molecule has 0 heterocycles. The van der Waals surface area contributed by atoms with Gasteiger partial charge in [-0.2, -0.15) is 0 Å². The number of benzene rings is 1. The largest absolute Gasteiger partial charge is 0.398 e. The van der Waals surface area contributed by atoms with Gasteiger partial charge in [-0.25, -0.2) is 4.39 Å². The summed E-state index contributed by atoms with van der Waals surface area (Å²) in [6.07, 6.45) is 0. The third-order valence-corrected chi connectivity index (χ3v) is 2.99. The third-order valence-electron chi connectivity index (χ3n) is 2.38. The highest BCUT2D eigenvalue weighted by molar-refractivity contribution is 9.10. The molecule has 0 fully saturated rings. The van der Waals surface area contributed by atoms with E-state index in [1.165, 1.54) is 12.1 Å². The lowest BCUT2D eigenvalue weighted by atomic mass is 9.96. The molecule has 0 aliphatic carbocycles. The first-order valence-electron chi connectivity index (χ1n) is 5.62. The number of hydrogen-bond acceptors (Lipinski definition) is 2. The zero-order valence-electron chi connectivity index (χ0n) is 11.1. The van der Waals surface area contributed by atoms with E-state index in [4.69, 9.17) is 5.73 Å². The van der Waals surface area contributed by atoms with E-state index >= 15 is 0 Å². The van der Waals surface area contributed by atoms with Gasteiger partial charge in [0.05, 0.1) is 10.0 Å². The standard InChI is InChI=1S/C13H18BrFN2O/c1-13(2,3)7-17(4)12(18)8-5-10(15)9(14)6-11(8)16/h5-6H,7,16H2,1-4H3. The minimum atomic E-state index is -0.489. The van der Waals surface area contributed by atoms with Gasteiger partial charge in [0.25, 0.3) is 5.91 Å². The van der Waals surface area contributed by atoms with Crippen LogP contribution in [0.4, 0.5) is 10.1 Å². The van der Waals surface area contributed by atoms with E-state index < -0.39 is 5.82 Å². The quantitative estimate of drug-likeness (QED) is 0.851. The molecule has 0 atom stereocenters. The molecule has 1 aromatic rings. The predicted octanol–water partition coefficient (Wildman–Crippen LogP) is 3.29. The number of nitrogen functional groups attached to an aromatic ring is 1. The molecule has 0 spiro atoms. The Morgan fingerprint density at radius 2 is 2.00 bits per heavy atom. The van der Waals surface area contributed by atoms with Crippen LogP contribution in [0.3, 0.4) is 0 Å². The van der Waals surface area contributed by atoms with Gasteiger partial charge in [0, 0.05) is 19.3 Å². The number of anilines is 1. The summed E-state index contributed by atoms with van der Waals surface area (Å²) in [4.78, 5) is 13.7. The number of amides is 1. The second-order valence-corrected chi connectivity index (χ2v) is 6.43. The average Bonchev–Trinajstić information content (AvgIpc) is 2.20. The molecule has 0 aliphatic rings. The Morgan fingerprint density at radius 1 is 1.44 bits per heavy atom. The van der Waals surface area contributed by atoms with Crippen LogP contribution in [0.15, 0.2) is 16.6 Å². The lowest BCUT2D eigenvalue weighted by Gasteiger charge is -2.27. The molecule has 0 aromatic heterocycles. The third kappa shape index (κ3) is 3.70. The normalized spacial score (nSPS) is 11.4. The van der Waals surface area contributed by atoms with Crippen LogP contribution in [-0.4, -0.2) is 24.4 Å². The molecule has 0 bridgehead atoms. The van der Waals surface area contributed by atoms with Crippen molar-refractivity contribution in [1.82, 2.24) is 4.90 Å². The summed E-state index contributed by atoms with van der Waals surface area (Å²) in [7, 11) is 1.69. The maximum atomic E-state index is 13.4.